The molecule has 6 nitrogen and oxygen atoms in total. The fraction of sp³-hybridized carbons (Fsp3) is 0.474. The summed E-state index contributed by atoms with van der Waals surface area (Å²) in [5.74, 6) is 0.725. The molecule has 2 aromatic heterocycles. The van der Waals surface area contributed by atoms with Crippen molar-refractivity contribution in [2.75, 3.05) is 40.4 Å². The number of fused-ring (bicyclic) bond motifs is 4. The molecule has 2 aliphatic carbocycles. The van der Waals surface area contributed by atoms with Crippen molar-refractivity contribution in [1.82, 2.24) is 19.8 Å². The molecule has 0 saturated carbocycles. The van der Waals surface area contributed by atoms with Crippen molar-refractivity contribution in [1.29, 1.82) is 0 Å². The van der Waals surface area contributed by atoms with Crippen LogP contribution in [0.1, 0.15) is 43.0 Å². The van der Waals surface area contributed by atoms with Gasteiger partial charge in [0.15, 0.2) is 8.32 Å². The molecule has 2 aliphatic heterocycles. The van der Waals surface area contributed by atoms with E-state index in [2.05, 4.69) is 129 Å². The number of hydrogen-bond donors (Lipinski definition) is 3. The van der Waals surface area contributed by atoms with Gasteiger partial charge in [-0.2, -0.15) is 0 Å². The van der Waals surface area contributed by atoms with E-state index in [0.717, 1.165) is 32.5 Å². The summed E-state index contributed by atoms with van der Waals surface area (Å²) < 4.78 is 6.55. The van der Waals surface area contributed by atoms with Gasteiger partial charge in [-0.1, -0.05) is 57.2 Å². The van der Waals surface area contributed by atoms with Crippen LogP contribution < -0.4 is 0 Å². The molecule has 4 aliphatic rings. The van der Waals surface area contributed by atoms with Gasteiger partial charge in [0.2, 0.25) is 0 Å². The highest BCUT2D eigenvalue weighted by atomic mass is 28.4. The van der Waals surface area contributed by atoms with E-state index in [4.69, 9.17) is 4.43 Å². The standard InChI is InChI=1S/C22H32N2OSi.C16H18N2O/c1-22(2,3)26(5,6)25-14-15-10-18-17-8-7-9-19-21(17)16(12-23-19)11-20(18)24(4)13-15;1-18-8-10(9-19)5-13-12-3-2-4-14-16(12)11(7-17-14)6-15(13)18/h7-10,12,15,20,23H,11,13-14H2,1-6H3;2-5,7,10,15,17,19H,6,8-9H2,1H3/t15-,20-;10-,15-/m11/s1. The third kappa shape index (κ3) is 5.36. The molecule has 0 spiro atoms. The van der Waals surface area contributed by atoms with Gasteiger partial charge >= 0.3 is 0 Å². The Morgan fingerprint density at radius 3 is 1.78 bits per heavy atom. The van der Waals surface area contributed by atoms with Gasteiger partial charge in [0.05, 0.1) is 6.61 Å². The molecule has 4 aromatic rings. The number of likely N-dealkylation sites (N-methyl/N-ethyl adjacent to an activating group) is 2. The number of rotatable bonds is 4. The van der Waals surface area contributed by atoms with E-state index >= 15 is 0 Å². The topological polar surface area (TPSA) is 67.5 Å². The van der Waals surface area contributed by atoms with Crippen molar-refractivity contribution in [3.05, 3.63) is 83.2 Å². The Bertz CT molecular complexity index is 1790. The first kappa shape index (κ1) is 30.7. The van der Waals surface area contributed by atoms with Crippen LogP contribution in [0.25, 0.3) is 33.0 Å². The highest BCUT2D eigenvalue weighted by Gasteiger charge is 2.39. The lowest BCUT2D eigenvalue weighted by molar-refractivity contribution is 0.181. The zero-order valence-corrected chi connectivity index (χ0v) is 29.1. The van der Waals surface area contributed by atoms with Crippen molar-refractivity contribution in [2.24, 2.45) is 11.8 Å². The van der Waals surface area contributed by atoms with Crippen LogP contribution in [0.2, 0.25) is 18.1 Å². The maximum Gasteiger partial charge on any atom is 0.192 e. The number of aliphatic hydroxyl groups excluding tert-OH is 1. The minimum Gasteiger partial charge on any atom is -0.416 e. The normalized spacial score (nSPS) is 24.9. The molecule has 3 N–H and O–H groups in total. The molecule has 0 unspecified atom stereocenters. The summed E-state index contributed by atoms with van der Waals surface area (Å²) in [6.45, 7) is 14.7. The van der Waals surface area contributed by atoms with E-state index in [1.165, 1.54) is 55.2 Å². The van der Waals surface area contributed by atoms with E-state index in [-0.39, 0.29) is 17.6 Å². The fourth-order valence-electron chi connectivity index (χ4n) is 7.85. The molecule has 4 atom stereocenters. The molecular weight excluding hydrogens is 573 g/mol. The monoisotopic (exact) mass is 622 g/mol. The van der Waals surface area contributed by atoms with E-state index in [1.807, 2.05) is 0 Å². The molecule has 7 heteroatoms. The maximum atomic E-state index is 9.47. The summed E-state index contributed by atoms with van der Waals surface area (Å²) in [7, 11) is 2.73. The molecule has 0 radical (unpaired) electrons. The molecule has 45 heavy (non-hydrogen) atoms. The van der Waals surface area contributed by atoms with Gasteiger partial charge in [-0.25, -0.2) is 0 Å². The number of benzene rings is 2. The summed E-state index contributed by atoms with van der Waals surface area (Å²) >= 11 is 0. The van der Waals surface area contributed by atoms with Crippen LogP contribution in [0.4, 0.5) is 0 Å². The van der Waals surface area contributed by atoms with E-state index < -0.39 is 8.32 Å². The quantitative estimate of drug-likeness (QED) is 0.213. The predicted molar refractivity (Wildman–Crippen MR) is 190 cm³/mol. The number of H-pyrrole nitrogens is 2. The maximum absolute atomic E-state index is 9.47. The van der Waals surface area contributed by atoms with E-state index in [0.29, 0.717) is 18.0 Å². The Morgan fingerprint density at radius 1 is 0.800 bits per heavy atom. The van der Waals surface area contributed by atoms with Gasteiger partial charge in [-0.15, -0.1) is 0 Å². The second-order valence-corrected chi connectivity index (χ2v) is 20.2. The van der Waals surface area contributed by atoms with Gasteiger partial charge in [0.25, 0.3) is 0 Å². The van der Waals surface area contributed by atoms with E-state index in [1.54, 1.807) is 0 Å². The van der Waals surface area contributed by atoms with Crippen molar-refractivity contribution < 1.29 is 9.53 Å². The summed E-state index contributed by atoms with van der Waals surface area (Å²) in [6.07, 6.45) is 11.3. The number of aromatic nitrogens is 2. The summed E-state index contributed by atoms with van der Waals surface area (Å²) in [4.78, 5) is 11.7. The molecule has 0 amide bonds. The zero-order chi connectivity index (χ0) is 31.7. The van der Waals surface area contributed by atoms with Crippen LogP contribution in [0.15, 0.2) is 60.9 Å². The molecule has 0 fully saturated rings. The van der Waals surface area contributed by atoms with Gasteiger partial charge in [0.1, 0.15) is 0 Å². The first-order valence-electron chi connectivity index (χ1n) is 16.7. The lowest BCUT2D eigenvalue weighted by atomic mass is 9.80. The summed E-state index contributed by atoms with van der Waals surface area (Å²) in [6, 6.07) is 14.1. The van der Waals surface area contributed by atoms with Gasteiger partial charge in [-0.3, -0.25) is 9.80 Å². The minimum absolute atomic E-state index is 0.233. The van der Waals surface area contributed by atoms with Gasteiger partial charge in [0, 0.05) is 77.8 Å². The van der Waals surface area contributed by atoms with Crippen LogP contribution in [0.3, 0.4) is 0 Å². The minimum atomic E-state index is -1.70. The zero-order valence-electron chi connectivity index (χ0n) is 28.1. The molecule has 4 heterocycles. The summed E-state index contributed by atoms with van der Waals surface area (Å²) in [5.41, 5.74) is 11.0. The van der Waals surface area contributed by atoms with Gasteiger partial charge in [-0.05, 0) is 90.6 Å². The lowest BCUT2D eigenvalue weighted by Crippen LogP contribution is -2.46. The van der Waals surface area contributed by atoms with Gasteiger partial charge < -0.3 is 19.5 Å². The first-order valence-corrected chi connectivity index (χ1v) is 19.6. The van der Waals surface area contributed by atoms with Crippen LogP contribution in [-0.2, 0) is 17.3 Å². The SMILES string of the molecule is CN1C[C@H](CO)C=C2c3cccc4[nH]cc(c34)C[C@H]21.CN1C[C@H](CO[Si](C)(C)C(C)(C)C)C=C2c3cccc4[nH]cc(c34)C[C@H]21. The summed E-state index contributed by atoms with van der Waals surface area (Å²) in [5, 5.41) is 12.5. The Morgan fingerprint density at radius 2 is 1.29 bits per heavy atom. The Kier molecular flexibility index (Phi) is 7.77. The lowest BCUT2D eigenvalue weighted by Gasteiger charge is -2.42. The average molecular weight is 623 g/mol. The number of aromatic amines is 2. The first-order chi connectivity index (χ1) is 21.4. The molecular formula is C38H50N4O2Si. The fourth-order valence-corrected chi connectivity index (χ4v) is 8.91. The number of nitrogens with zero attached hydrogens (tertiary/aromatic N) is 2. The molecule has 0 bridgehead atoms. The Balaban J connectivity index is 0.000000151. The highest BCUT2D eigenvalue weighted by molar-refractivity contribution is 6.74. The molecule has 0 saturated heterocycles. The second kappa shape index (κ2) is 11.4. The van der Waals surface area contributed by atoms with E-state index in [9.17, 15) is 5.11 Å². The largest absolute Gasteiger partial charge is 0.416 e. The average Bonchev–Trinajstić information content (AvgIpc) is 3.63. The Labute approximate surface area is 269 Å². The van der Waals surface area contributed by atoms with Crippen molar-refractivity contribution in [3.8, 4) is 0 Å². The van der Waals surface area contributed by atoms with Crippen molar-refractivity contribution >= 4 is 41.3 Å². The molecule has 8 rings (SSSR count). The Hall–Kier alpha value is -2.94. The highest BCUT2D eigenvalue weighted by Crippen LogP contribution is 2.43. The number of aliphatic hydroxyl groups is 1. The smallest absolute Gasteiger partial charge is 0.192 e. The van der Waals surface area contributed by atoms with Crippen molar-refractivity contribution in [2.45, 2.75) is 63.8 Å². The number of nitrogens with one attached hydrogen (secondary N) is 2. The van der Waals surface area contributed by atoms with Crippen LogP contribution in [0.5, 0.6) is 0 Å². The predicted octanol–water partition coefficient (Wildman–Crippen LogP) is 7.09. The number of hydrogen-bond acceptors (Lipinski definition) is 4. The third-order valence-electron chi connectivity index (χ3n) is 11.4. The van der Waals surface area contributed by atoms with Crippen LogP contribution >= 0.6 is 0 Å². The van der Waals surface area contributed by atoms with Crippen LogP contribution in [-0.4, -0.2) is 85.7 Å². The van der Waals surface area contributed by atoms with Crippen molar-refractivity contribution in [3.63, 3.8) is 0 Å². The molecule has 238 valence electrons. The second-order valence-electron chi connectivity index (χ2n) is 15.4. The third-order valence-corrected chi connectivity index (χ3v) is 15.9. The van der Waals surface area contributed by atoms with Crippen LogP contribution in [0, 0.1) is 11.8 Å². The molecule has 2 aromatic carbocycles.